The third-order valence-electron chi connectivity index (χ3n) is 9.15. The number of carbonyl (C=O) groups is 2. The lowest BCUT2D eigenvalue weighted by atomic mass is 9.83. The average Bonchev–Trinajstić information content (AvgIpc) is 3.52. The molecule has 226 valence electrons. The van der Waals surface area contributed by atoms with Gasteiger partial charge in [0.15, 0.2) is 0 Å². The molecule has 2 aromatic carbocycles. The number of piperidine rings is 1. The van der Waals surface area contributed by atoms with Gasteiger partial charge in [0.05, 0.1) is 6.54 Å². The molecular weight excluding hydrogens is 535 g/mol. The fourth-order valence-electron chi connectivity index (χ4n) is 6.83. The van der Waals surface area contributed by atoms with Gasteiger partial charge in [-0.25, -0.2) is 4.39 Å². The van der Waals surface area contributed by atoms with Crippen LogP contribution in [0.2, 0.25) is 0 Å². The van der Waals surface area contributed by atoms with Crippen LogP contribution in [0.5, 0.6) is 11.5 Å². The van der Waals surface area contributed by atoms with Gasteiger partial charge in [-0.2, -0.15) is 0 Å². The first-order chi connectivity index (χ1) is 20.5. The van der Waals surface area contributed by atoms with Crippen molar-refractivity contribution in [2.75, 3.05) is 39.3 Å². The van der Waals surface area contributed by atoms with E-state index < -0.39 is 0 Å². The van der Waals surface area contributed by atoms with Gasteiger partial charge in [0, 0.05) is 56.7 Å². The fraction of sp³-hybridized carbons (Fsp3) is 0.576. The van der Waals surface area contributed by atoms with Crippen LogP contribution >= 0.6 is 0 Å². The predicted molar refractivity (Wildman–Crippen MR) is 159 cm³/mol. The van der Waals surface area contributed by atoms with Gasteiger partial charge in [-0.15, -0.1) is 0 Å². The summed E-state index contributed by atoms with van der Waals surface area (Å²) in [7, 11) is 0. The highest BCUT2D eigenvalue weighted by molar-refractivity contribution is 5.94. The Labute approximate surface area is 247 Å². The summed E-state index contributed by atoms with van der Waals surface area (Å²) in [6.45, 7) is 3.85. The maximum atomic E-state index is 14.4. The van der Waals surface area contributed by atoms with Crippen molar-refractivity contribution < 1.29 is 23.5 Å². The zero-order chi connectivity index (χ0) is 28.9. The molecule has 3 saturated heterocycles. The molecule has 2 aromatic rings. The van der Waals surface area contributed by atoms with Crippen LogP contribution in [-0.2, 0) is 11.2 Å². The van der Waals surface area contributed by atoms with Crippen LogP contribution in [0, 0.1) is 5.82 Å². The number of halogens is 1. The molecule has 1 aliphatic carbocycles. The SMILES string of the molecule is O=C1CNC(Cc2cc(F)cc(OC3CCN(C(=O)c4ccc(O[C@@H]5CCNC5)c(C5CCCCC5)c4)CC3)c2)CN1. The predicted octanol–water partition coefficient (Wildman–Crippen LogP) is 3.93. The number of rotatable bonds is 8. The lowest BCUT2D eigenvalue weighted by molar-refractivity contribution is -0.121. The number of hydrogen-bond acceptors (Lipinski definition) is 6. The van der Waals surface area contributed by atoms with Crippen molar-refractivity contribution in [3.05, 3.63) is 58.9 Å². The molecule has 2 atom stereocenters. The molecule has 3 heterocycles. The van der Waals surface area contributed by atoms with E-state index >= 15 is 0 Å². The first kappa shape index (κ1) is 28.9. The minimum atomic E-state index is -0.333. The van der Waals surface area contributed by atoms with Gasteiger partial charge in [-0.05, 0) is 79.6 Å². The average molecular weight is 579 g/mol. The van der Waals surface area contributed by atoms with Crippen molar-refractivity contribution in [3.63, 3.8) is 0 Å². The number of carbonyl (C=O) groups excluding carboxylic acids is 2. The number of amides is 2. The third-order valence-corrected chi connectivity index (χ3v) is 9.15. The summed E-state index contributed by atoms with van der Waals surface area (Å²) in [6, 6.07) is 10.9. The van der Waals surface area contributed by atoms with Crippen LogP contribution in [-0.4, -0.2) is 74.2 Å². The number of piperazine rings is 1. The van der Waals surface area contributed by atoms with E-state index in [0.29, 0.717) is 50.6 Å². The Kier molecular flexibility index (Phi) is 9.24. The summed E-state index contributed by atoms with van der Waals surface area (Å²) < 4.78 is 27.1. The Morgan fingerprint density at radius 1 is 0.929 bits per heavy atom. The molecule has 6 rings (SSSR count). The summed E-state index contributed by atoms with van der Waals surface area (Å²) in [4.78, 5) is 26.9. The van der Waals surface area contributed by atoms with Crippen LogP contribution in [0.3, 0.4) is 0 Å². The summed E-state index contributed by atoms with van der Waals surface area (Å²) >= 11 is 0. The second-order valence-electron chi connectivity index (χ2n) is 12.3. The normalized spacial score (nSPS) is 23.9. The molecule has 4 fully saturated rings. The first-order valence-electron chi connectivity index (χ1n) is 15.8. The van der Waals surface area contributed by atoms with Gasteiger partial charge in [0.25, 0.3) is 5.91 Å². The molecule has 42 heavy (non-hydrogen) atoms. The molecule has 0 radical (unpaired) electrons. The van der Waals surface area contributed by atoms with Crippen LogP contribution in [0.25, 0.3) is 0 Å². The van der Waals surface area contributed by atoms with E-state index in [-0.39, 0.29) is 42.4 Å². The highest BCUT2D eigenvalue weighted by Gasteiger charge is 2.28. The summed E-state index contributed by atoms with van der Waals surface area (Å²) in [5.41, 5.74) is 2.75. The Bertz CT molecular complexity index is 1240. The second-order valence-corrected chi connectivity index (χ2v) is 12.3. The quantitative estimate of drug-likeness (QED) is 0.440. The molecule has 8 nitrogen and oxygen atoms in total. The molecular formula is C33H43FN4O4. The van der Waals surface area contributed by atoms with Crippen LogP contribution < -0.4 is 25.4 Å². The van der Waals surface area contributed by atoms with E-state index in [1.165, 1.54) is 37.0 Å². The van der Waals surface area contributed by atoms with Gasteiger partial charge in [-0.3, -0.25) is 9.59 Å². The molecule has 4 aliphatic rings. The van der Waals surface area contributed by atoms with Crippen molar-refractivity contribution in [1.29, 1.82) is 0 Å². The minimum absolute atomic E-state index is 0.0212. The van der Waals surface area contributed by atoms with Gasteiger partial charge in [0.2, 0.25) is 5.91 Å². The molecule has 3 N–H and O–H groups in total. The van der Waals surface area contributed by atoms with Crippen molar-refractivity contribution in [1.82, 2.24) is 20.9 Å². The van der Waals surface area contributed by atoms with Crippen molar-refractivity contribution in [2.45, 2.75) is 82.0 Å². The highest BCUT2D eigenvalue weighted by Crippen LogP contribution is 2.39. The van der Waals surface area contributed by atoms with Gasteiger partial charge in [-0.1, -0.05) is 19.3 Å². The van der Waals surface area contributed by atoms with Crippen LogP contribution in [0.15, 0.2) is 36.4 Å². The highest BCUT2D eigenvalue weighted by atomic mass is 19.1. The van der Waals surface area contributed by atoms with E-state index in [2.05, 4.69) is 22.0 Å². The zero-order valence-electron chi connectivity index (χ0n) is 24.3. The molecule has 1 saturated carbocycles. The Hall–Kier alpha value is -3.17. The molecule has 3 aliphatic heterocycles. The molecule has 2 amide bonds. The Morgan fingerprint density at radius 2 is 1.76 bits per heavy atom. The smallest absolute Gasteiger partial charge is 0.253 e. The minimum Gasteiger partial charge on any atom is -0.490 e. The summed E-state index contributed by atoms with van der Waals surface area (Å²) in [5, 5.41) is 9.40. The molecule has 1 unspecified atom stereocenters. The number of benzene rings is 2. The summed E-state index contributed by atoms with van der Waals surface area (Å²) in [5.74, 6) is 1.60. The Balaban J connectivity index is 1.07. The molecule has 9 heteroatoms. The van der Waals surface area contributed by atoms with E-state index in [0.717, 1.165) is 49.2 Å². The van der Waals surface area contributed by atoms with Gasteiger partial charge in [0.1, 0.15) is 29.5 Å². The maximum absolute atomic E-state index is 14.4. The van der Waals surface area contributed by atoms with E-state index in [1.807, 2.05) is 23.1 Å². The largest absolute Gasteiger partial charge is 0.490 e. The maximum Gasteiger partial charge on any atom is 0.253 e. The van der Waals surface area contributed by atoms with Crippen LogP contribution in [0.4, 0.5) is 4.39 Å². The number of hydrogen-bond donors (Lipinski definition) is 3. The monoisotopic (exact) mass is 578 g/mol. The van der Waals surface area contributed by atoms with E-state index in [1.54, 1.807) is 0 Å². The third kappa shape index (κ3) is 7.24. The number of ether oxygens (including phenoxy) is 2. The van der Waals surface area contributed by atoms with E-state index in [9.17, 15) is 14.0 Å². The van der Waals surface area contributed by atoms with Gasteiger partial charge >= 0.3 is 0 Å². The van der Waals surface area contributed by atoms with Crippen molar-refractivity contribution in [3.8, 4) is 11.5 Å². The number of nitrogens with one attached hydrogen (secondary N) is 3. The molecule has 0 bridgehead atoms. The zero-order valence-corrected chi connectivity index (χ0v) is 24.3. The molecule has 0 aromatic heterocycles. The number of nitrogens with zero attached hydrogens (tertiary/aromatic N) is 1. The lowest BCUT2D eigenvalue weighted by Crippen LogP contribution is -2.52. The van der Waals surface area contributed by atoms with Crippen molar-refractivity contribution >= 4 is 11.8 Å². The van der Waals surface area contributed by atoms with Gasteiger partial charge < -0.3 is 30.3 Å². The Morgan fingerprint density at radius 3 is 2.50 bits per heavy atom. The fourth-order valence-corrected chi connectivity index (χ4v) is 6.83. The van der Waals surface area contributed by atoms with Crippen molar-refractivity contribution in [2.24, 2.45) is 0 Å². The summed E-state index contributed by atoms with van der Waals surface area (Å²) in [6.07, 6.45) is 9.14. The van der Waals surface area contributed by atoms with Crippen LogP contribution in [0.1, 0.15) is 78.8 Å². The number of likely N-dealkylation sites (tertiary alicyclic amines) is 1. The standard InChI is InChI=1S/C33H43FN4O4/c34-25-14-22(15-26-19-37-32(39)21-36-26)16-29(18-25)41-27-9-12-38(13-10-27)33(40)24-6-7-31(42-28-8-11-35-20-28)30(17-24)23-4-2-1-3-5-23/h6-7,14,16-18,23,26-28,35-36H,1-5,8-13,15,19-21H2,(H,37,39)/t26?,28-/m1/s1. The lowest BCUT2D eigenvalue weighted by Gasteiger charge is -2.33. The first-order valence-corrected chi connectivity index (χ1v) is 15.8. The topological polar surface area (TPSA) is 91.9 Å². The molecule has 0 spiro atoms. The second kappa shape index (κ2) is 13.4. The van der Waals surface area contributed by atoms with E-state index in [4.69, 9.17) is 9.47 Å².